The van der Waals surface area contributed by atoms with Crippen molar-refractivity contribution in [2.45, 2.75) is 25.0 Å². The highest BCUT2D eigenvalue weighted by Gasteiger charge is 2.31. The van der Waals surface area contributed by atoms with Crippen LogP contribution in [0.2, 0.25) is 0 Å². The Morgan fingerprint density at radius 2 is 1.34 bits per heavy atom. The molecule has 0 amide bonds. The highest BCUT2D eigenvalue weighted by atomic mass is 19.4. The topological polar surface area (TPSA) is 115 Å². The van der Waals surface area contributed by atoms with Gasteiger partial charge in [-0.05, 0) is 35.9 Å². The quantitative estimate of drug-likeness (QED) is 0.279. The molecule has 0 fully saturated rings. The van der Waals surface area contributed by atoms with E-state index in [-0.39, 0.29) is 42.2 Å². The lowest BCUT2D eigenvalue weighted by Gasteiger charge is -2.14. The normalized spacial score (nSPS) is 12.8. The maximum absolute atomic E-state index is 13.0. The number of aliphatic hydroxyl groups is 2. The molecule has 0 unspecified atom stereocenters. The minimum Gasteiger partial charge on any atom is -0.394 e. The second kappa shape index (κ2) is 10.7. The number of halogens is 6. The van der Waals surface area contributed by atoms with E-state index in [4.69, 9.17) is 5.11 Å². The van der Waals surface area contributed by atoms with Crippen LogP contribution in [0, 0.1) is 0 Å². The second-order valence-electron chi connectivity index (χ2n) is 7.28. The molecule has 0 aliphatic rings. The number of nitrogens with zero attached hydrogens (tertiary/aromatic N) is 3. The summed E-state index contributed by atoms with van der Waals surface area (Å²) in [7, 11) is 0. The van der Waals surface area contributed by atoms with Gasteiger partial charge in [0.1, 0.15) is 0 Å². The lowest BCUT2D eigenvalue weighted by molar-refractivity contribution is -0.138. The van der Waals surface area contributed by atoms with Gasteiger partial charge in [0.2, 0.25) is 17.8 Å². The van der Waals surface area contributed by atoms with E-state index in [1.807, 2.05) is 0 Å². The molecule has 5 N–H and O–H groups in total. The van der Waals surface area contributed by atoms with Crippen molar-refractivity contribution in [2.24, 2.45) is 0 Å². The van der Waals surface area contributed by atoms with Crippen molar-refractivity contribution < 1.29 is 36.6 Å². The van der Waals surface area contributed by atoms with Crippen molar-refractivity contribution in [1.29, 1.82) is 0 Å². The Hall–Kier alpha value is -3.65. The van der Waals surface area contributed by atoms with E-state index in [2.05, 4.69) is 30.9 Å². The molecule has 1 atom stereocenters. The molecule has 0 spiro atoms. The van der Waals surface area contributed by atoms with E-state index in [1.54, 1.807) is 0 Å². The van der Waals surface area contributed by atoms with E-state index in [9.17, 15) is 31.4 Å². The van der Waals surface area contributed by atoms with E-state index < -0.39 is 36.2 Å². The lowest BCUT2D eigenvalue weighted by Crippen LogP contribution is -2.24. The lowest BCUT2D eigenvalue weighted by atomic mass is 10.1. The fourth-order valence-corrected chi connectivity index (χ4v) is 2.80. The summed E-state index contributed by atoms with van der Waals surface area (Å²) in [6.07, 6.45) is -10.2. The van der Waals surface area contributed by atoms with Gasteiger partial charge in [0.15, 0.2) is 0 Å². The fraction of sp³-hybridized carbons (Fsp3) is 0.286. The van der Waals surface area contributed by atoms with Gasteiger partial charge >= 0.3 is 12.4 Å². The molecule has 0 radical (unpaired) electrons. The van der Waals surface area contributed by atoms with Crippen LogP contribution in [0.1, 0.15) is 16.7 Å². The number of aromatic nitrogens is 3. The van der Waals surface area contributed by atoms with Gasteiger partial charge in [-0.15, -0.1) is 0 Å². The van der Waals surface area contributed by atoms with Crippen LogP contribution in [-0.2, 0) is 18.9 Å². The van der Waals surface area contributed by atoms with E-state index in [0.717, 1.165) is 24.3 Å². The maximum Gasteiger partial charge on any atom is 0.416 e. The number of rotatable bonds is 9. The number of benzene rings is 2. The molecule has 2 aromatic carbocycles. The first-order valence-corrected chi connectivity index (χ1v) is 10.1. The van der Waals surface area contributed by atoms with Crippen molar-refractivity contribution in [2.75, 3.05) is 29.1 Å². The molecular formula is C21H20F6N6O2. The third kappa shape index (κ3) is 7.68. The molecule has 188 valence electrons. The first-order valence-electron chi connectivity index (χ1n) is 10.1. The first-order chi connectivity index (χ1) is 16.4. The average molecular weight is 502 g/mol. The number of hydrogen-bond acceptors (Lipinski definition) is 8. The molecule has 8 nitrogen and oxygen atoms in total. The predicted octanol–water partition coefficient (Wildman–Crippen LogP) is 4.03. The Morgan fingerprint density at radius 1 is 0.771 bits per heavy atom. The molecule has 14 heteroatoms. The molecule has 1 heterocycles. The summed E-state index contributed by atoms with van der Waals surface area (Å²) >= 11 is 0. The Kier molecular flexibility index (Phi) is 7.96. The van der Waals surface area contributed by atoms with Gasteiger partial charge in [-0.3, -0.25) is 0 Å². The van der Waals surface area contributed by atoms with Crippen molar-refractivity contribution >= 4 is 23.5 Å². The second-order valence-corrected chi connectivity index (χ2v) is 7.28. The third-order valence-electron chi connectivity index (χ3n) is 4.49. The van der Waals surface area contributed by atoms with Crippen molar-refractivity contribution in [1.82, 2.24) is 15.0 Å². The summed E-state index contributed by atoms with van der Waals surface area (Å²) in [4.78, 5) is 12.1. The monoisotopic (exact) mass is 502 g/mol. The summed E-state index contributed by atoms with van der Waals surface area (Å²) in [6, 6.07) is 8.88. The van der Waals surface area contributed by atoms with E-state index >= 15 is 0 Å². The van der Waals surface area contributed by atoms with Crippen molar-refractivity contribution in [3.8, 4) is 0 Å². The summed E-state index contributed by atoms with van der Waals surface area (Å²) < 4.78 is 77.9. The van der Waals surface area contributed by atoms with Crippen LogP contribution in [0.4, 0.5) is 49.9 Å². The third-order valence-corrected chi connectivity index (χ3v) is 4.49. The van der Waals surface area contributed by atoms with Crippen LogP contribution < -0.4 is 16.0 Å². The summed E-state index contributed by atoms with van der Waals surface area (Å²) in [5.74, 6) is -0.381. The standard InChI is InChI=1S/C21H20F6N6O2/c22-20(23,24)13-4-1-3-12(7-13)9-28-17-31-18(29-10-16(35)11-34)33-19(32-17)30-15-6-2-5-14(8-15)21(25,26)27/h1-8,16,34-35H,9-11H2,(H3,28,29,30,31,32,33)/t16-/m0/s1. The molecule has 3 aromatic rings. The summed E-state index contributed by atoms with van der Waals surface area (Å²) in [6.45, 7) is -0.805. The molecule has 0 aliphatic carbocycles. The molecule has 1 aromatic heterocycles. The maximum atomic E-state index is 13.0. The fourth-order valence-electron chi connectivity index (χ4n) is 2.80. The van der Waals surface area contributed by atoms with Gasteiger partial charge in [-0.25, -0.2) is 0 Å². The number of alkyl halides is 6. The predicted molar refractivity (Wildman–Crippen MR) is 115 cm³/mol. The van der Waals surface area contributed by atoms with Crippen LogP contribution in [0.15, 0.2) is 48.5 Å². The number of hydrogen-bond donors (Lipinski definition) is 5. The highest BCUT2D eigenvalue weighted by molar-refractivity contribution is 5.57. The zero-order valence-corrected chi connectivity index (χ0v) is 17.8. The smallest absolute Gasteiger partial charge is 0.394 e. The average Bonchev–Trinajstić information content (AvgIpc) is 2.80. The van der Waals surface area contributed by atoms with Crippen LogP contribution in [0.25, 0.3) is 0 Å². The first kappa shape index (κ1) is 26.0. The number of nitrogens with one attached hydrogen (secondary N) is 3. The Bertz CT molecular complexity index is 1140. The SMILES string of the molecule is OC[C@@H](O)CNc1nc(NCc2cccc(C(F)(F)F)c2)nc(Nc2cccc(C(F)(F)F)c2)n1. The summed E-state index contributed by atoms with van der Waals surface area (Å²) in [5, 5.41) is 26.5. The van der Waals surface area contributed by atoms with Crippen LogP contribution in [0.3, 0.4) is 0 Å². The van der Waals surface area contributed by atoms with Gasteiger partial charge < -0.3 is 26.2 Å². The van der Waals surface area contributed by atoms with Crippen molar-refractivity contribution in [3.63, 3.8) is 0 Å². The summed E-state index contributed by atoms with van der Waals surface area (Å²) in [5.41, 5.74) is -1.43. The van der Waals surface area contributed by atoms with E-state index in [1.165, 1.54) is 24.3 Å². The largest absolute Gasteiger partial charge is 0.416 e. The van der Waals surface area contributed by atoms with E-state index in [0.29, 0.717) is 0 Å². The van der Waals surface area contributed by atoms with Crippen LogP contribution >= 0.6 is 0 Å². The van der Waals surface area contributed by atoms with Gasteiger partial charge in [0.05, 0.1) is 23.8 Å². The molecular weight excluding hydrogens is 482 g/mol. The number of aliphatic hydroxyl groups excluding tert-OH is 2. The van der Waals surface area contributed by atoms with Crippen LogP contribution in [-0.4, -0.2) is 44.4 Å². The zero-order chi connectivity index (χ0) is 25.6. The minimum absolute atomic E-state index is 0.0243. The van der Waals surface area contributed by atoms with Gasteiger partial charge in [-0.2, -0.15) is 41.3 Å². The molecule has 0 saturated heterocycles. The van der Waals surface area contributed by atoms with Crippen LogP contribution in [0.5, 0.6) is 0 Å². The Morgan fingerprint density at radius 3 is 1.97 bits per heavy atom. The Balaban J connectivity index is 1.83. The highest BCUT2D eigenvalue weighted by Crippen LogP contribution is 2.31. The molecule has 0 aliphatic heterocycles. The van der Waals surface area contributed by atoms with Gasteiger partial charge in [-0.1, -0.05) is 18.2 Å². The number of anilines is 4. The Labute approximate surface area is 195 Å². The molecule has 35 heavy (non-hydrogen) atoms. The van der Waals surface area contributed by atoms with Gasteiger partial charge in [0.25, 0.3) is 0 Å². The zero-order valence-electron chi connectivity index (χ0n) is 17.8. The van der Waals surface area contributed by atoms with Gasteiger partial charge in [0, 0.05) is 18.8 Å². The van der Waals surface area contributed by atoms with Crippen molar-refractivity contribution in [3.05, 3.63) is 65.2 Å². The molecule has 0 bridgehead atoms. The molecule has 3 rings (SSSR count). The minimum atomic E-state index is -4.57. The molecule has 0 saturated carbocycles.